The van der Waals surface area contributed by atoms with Gasteiger partial charge in [0.1, 0.15) is 41.5 Å². The molecule has 0 bridgehead atoms. The van der Waals surface area contributed by atoms with Crippen LogP contribution in [0.5, 0.6) is 5.75 Å². The van der Waals surface area contributed by atoms with E-state index in [0.29, 0.717) is 16.7 Å². The molecule has 8 heteroatoms. The molecule has 0 aliphatic carbocycles. The van der Waals surface area contributed by atoms with Gasteiger partial charge in [-0.1, -0.05) is 0 Å². The molecule has 2 heterocycles. The first-order valence-corrected chi connectivity index (χ1v) is 9.11. The summed E-state index contributed by atoms with van der Waals surface area (Å²) in [6, 6.07) is 13.8. The minimum Gasteiger partial charge on any atom is -0.497 e. The minimum atomic E-state index is -2.31. The lowest BCUT2D eigenvalue weighted by atomic mass is 9.88. The molecule has 0 amide bonds. The van der Waals surface area contributed by atoms with Crippen molar-refractivity contribution in [3.63, 3.8) is 0 Å². The number of hydrogen-bond acceptors (Lipinski definition) is 8. The Bertz CT molecular complexity index is 996. The number of aliphatic hydroxyl groups is 5. The van der Waals surface area contributed by atoms with E-state index < -0.39 is 36.8 Å². The van der Waals surface area contributed by atoms with Gasteiger partial charge < -0.3 is 39.4 Å². The van der Waals surface area contributed by atoms with Crippen LogP contribution >= 0.6 is 0 Å². The maximum absolute atomic E-state index is 10.9. The molecular formula is C21H22O8. The molecular weight excluding hydrogens is 380 g/mol. The van der Waals surface area contributed by atoms with Crippen molar-refractivity contribution < 1.29 is 39.4 Å². The number of ether oxygens (including phenoxy) is 2. The molecule has 3 aromatic rings. The first-order chi connectivity index (χ1) is 13.9. The SMILES string of the molecule is COc1ccc(-c2cc3cc([C@@]4(O)O[C@H](CO)[C@@H](O)[C@H](O)[C@H]4O)ccc3o2)cc1. The van der Waals surface area contributed by atoms with Crippen LogP contribution in [0.1, 0.15) is 5.56 Å². The molecule has 0 radical (unpaired) electrons. The highest BCUT2D eigenvalue weighted by atomic mass is 16.7. The molecule has 0 unspecified atom stereocenters. The summed E-state index contributed by atoms with van der Waals surface area (Å²) in [4.78, 5) is 0. The van der Waals surface area contributed by atoms with Gasteiger partial charge in [0, 0.05) is 16.5 Å². The van der Waals surface area contributed by atoms with Crippen molar-refractivity contribution in [2.75, 3.05) is 13.7 Å². The summed E-state index contributed by atoms with van der Waals surface area (Å²) in [7, 11) is 1.58. The van der Waals surface area contributed by atoms with Crippen LogP contribution in [-0.2, 0) is 10.5 Å². The third-order valence-corrected chi connectivity index (χ3v) is 5.27. The Kier molecular flexibility index (Phi) is 5.07. The molecule has 29 heavy (non-hydrogen) atoms. The molecule has 5 atom stereocenters. The zero-order valence-electron chi connectivity index (χ0n) is 15.6. The van der Waals surface area contributed by atoms with Gasteiger partial charge in [0.05, 0.1) is 13.7 Å². The molecule has 1 fully saturated rings. The van der Waals surface area contributed by atoms with Gasteiger partial charge in [0.25, 0.3) is 0 Å². The van der Waals surface area contributed by atoms with Gasteiger partial charge in [0.2, 0.25) is 5.79 Å². The fraction of sp³-hybridized carbons (Fsp3) is 0.333. The van der Waals surface area contributed by atoms with Crippen molar-refractivity contribution in [1.82, 2.24) is 0 Å². The summed E-state index contributed by atoms with van der Waals surface area (Å²) >= 11 is 0. The largest absolute Gasteiger partial charge is 0.497 e. The summed E-state index contributed by atoms with van der Waals surface area (Å²) in [6.45, 7) is -0.636. The van der Waals surface area contributed by atoms with E-state index in [4.69, 9.17) is 13.9 Å². The number of benzene rings is 2. The number of aliphatic hydroxyl groups excluding tert-OH is 4. The van der Waals surface area contributed by atoms with Crippen LogP contribution in [0.2, 0.25) is 0 Å². The second-order valence-electron chi connectivity index (χ2n) is 7.05. The monoisotopic (exact) mass is 402 g/mol. The van der Waals surface area contributed by atoms with Crippen LogP contribution in [0.15, 0.2) is 52.9 Å². The van der Waals surface area contributed by atoms with Crippen molar-refractivity contribution in [3.05, 3.63) is 54.1 Å². The number of furan rings is 1. The lowest BCUT2D eigenvalue weighted by molar-refractivity contribution is -0.357. The van der Waals surface area contributed by atoms with E-state index in [9.17, 15) is 25.5 Å². The van der Waals surface area contributed by atoms with Crippen molar-refractivity contribution in [2.24, 2.45) is 0 Å². The third-order valence-electron chi connectivity index (χ3n) is 5.27. The summed E-state index contributed by atoms with van der Waals surface area (Å²) in [5.41, 5.74) is 1.53. The lowest BCUT2D eigenvalue weighted by Gasteiger charge is -2.45. The first kappa shape index (κ1) is 19.8. The van der Waals surface area contributed by atoms with Crippen LogP contribution in [0.4, 0.5) is 0 Å². The predicted molar refractivity (Wildman–Crippen MR) is 102 cm³/mol. The van der Waals surface area contributed by atoms with E-state index in [0.717, 1.165) is 11.3 Å². The zero-order valence-corrected chi connectivity index (χ0v) is 15.6. The van der Waals surface area contributed by atoms with E-state index in [1.165, 1.54) is 6.07 Å². The molecule has 1 aliphatic rings. The van der Waals surface area contributed by atoms with Crippen molar-refractivity contribution in [2.45, 2.75) is 30.2 Å². The molecule has 0 saturated carbocycles. The number of fused-ring (bicyclic) bond motifs is 1. The topological polar surface area (TPSA) is 133 Å². The van der Waals surface area contributed by atoms with Crippen molar-refractivity contribution in [1.29, 1.82) is 0 Å². The molecule has 4 rings (SSSR count). The third kappa shape index (κ3) is 3.29. The number of methoxy groups -OCH3 is 1. The quantitative estimate of drug-likeness (QED) is 0.431. The smallest absolute Gasteiger partial charge is 0.222 e. The summed E-state index contributed by atoms with van der Waals surface area (Å²) in [6.07, 6.45) is -6.30. The zero-order chi connectivity index (χ0) is 20.8. The Hall–Kier alpha value is -2.46. The van der Waals surface area contributed by atoms with E-state index in [1.807, 2.05) is 24.3 Å². The Labute approximate surface area is 166 Å². The summed E-state index contributed by atoms with van der Waals surface area (Å²) < 4.78 is 16.4. The van der Waals surface area contributed by atoms with Gasteiger partial charge in [-0.25, -0.2) is 0 Å². The predicted octanol–water partition coefficient (Wildman–Crippen LogP) is 0.727. The minimum absolute atomic E-state index is 0.156. The Morgan fingerprint density at radius 1 is 1.00 bits per heavy atom. The highest BCUT2D eigenvalue weighted by molar-refractivity contribution is 5.83. The highest BCUT2D eigenvalue weighted by Gasteiger charge is 2.53. The van der Waals surface area contributed by atoms with Gasteiger partial charge in [-0.3, -0.25) is 0 Å². The van der Waals surface area contributed by atoms with Crippen LogP contribution in [0.3, 0.4) is 0 Å². The second-order valence-corrected chi connectivity index (χ2v) is 7.05. The normalized spacial score (nSPS) is 29.9. The van der Waals surface area contributed by atoms with E-state index in [2.05, 4.69) is 0 Å². The Morgan fingerprint density at radius 2 is 1.72 bits per heavy atom. The van der Waals surface area contributed by atoms with Gasteiger partial charge in [-0.05, 0) is 48.5 Å². The maximum Gasteiger partial charge on any atom is 0.222 e. The lowest BCUT2D eigenvalue weighted by Crippen LogP contribution is -2.63. The average molecular weight is 402 g/mol. The second kappa shape index (κ2) is 7.42. The van der Waals surface area contributed by atoms with Gasteiger partial charge in [0.15, 0.2) is 0 Å². The van der Waals surface area contributed by atoms with Crippen molar-refractivity contribution >= 4 is 11.0 Å². The average Bonchev–Trinajstić information content (AvgIpc) is 3.18. The van der Waals surface area contributed by atoms with Crippen LogP contribution in [-0.4, -0.2) is 63.7 Å². The molecule has 2 aromatic carbocycles. The number of hydrogen-bond donors (Lipinski definition) is 5. The van der Waals surface area contributed by atoms with E-state index >= 15 is 0 Å². The van der Waals surface area contributed by atoms with Gasteiger partial charge >= 0.3 is 0 Å². The molecule has 5 N–H and O–H groups in total. The molecule has 0 spiro atoms. The first-order valence-electron chi connectivity index (χ1n) is 9.11. The summed E-state index contributed by atoms with van der Waals surface area (Å²) in [5.74, 6) is -0.991. The standard InChI is InChI=1S/C21H22O8/c1-27-14-5-2-11(3-6-14)16-9-12-8-13(4-7-15(12)28-16)21(26)20(25)19(24)18(23)17(10-22)29-21/h2-9,17-20,22-26H,10H2,1H3/t17-,18-,19+,20-,21-/m1/s1. The highest BCUT2D eigenvalue weighted by Crippen LogP contribution is 2.38. The molecule has 1 aliphatic heterocycles. The Balaban J connectivity index is 1.71. The fourth-order valence-electron chi connectivity index (χ4n) is 3.56. The van der Waals surface area contributed by atoms with Gasteiger partial charge in [-0.15, -0.1) is 0 Å². The molecule has 154 valence electrons. The summed E-state index contributed by atoms with van der Waals surface area (Å²) in [5, 5.41) is 51.3. The van der Waals surface area contributed by atoms with E-state index in [1.54, 1.807) is 25.3 Å². The molecule has 1 saturated heterocycles. The molecule has 1 aromatic heterocycles. The van der Waals surface area contributed by atoms with Crippen LogP contribution in [0.25, 0.3) is 22.3 Å². The fourth-order valence-corrected chi connectivity index (χ4v) is 3.56. The van der Waals surface area contributed by atoms with Crippen molar-refractivity contribution in [3.8, 4) is 17.1 Å². The Morgan fingerprint density at radius 3 is 2.38 bits per heavy atom. The van der Waals surface area contributed by atoms with Crippen LogP contribution < -0.4 is 4.74 Å². The van der Waals surface area contributed by atoms with E-state index in [-0.39, 0.29) is 5.56 Å². The van der Waals surface area contributed by atoms with Gasteiger partial charge in [-0.2, -0.15) is 0 Å². The van der Waals surface area contributed by atoms with Crippen LogP contribution in [0, 0.1) is 0 Å². The molecule has 8 nitrogen and oxygen atoms in total. The maximum atomic E-state index is 10.9. The number of rotatable bonds is 4.